The second-order valence-corrected chi connectivity index (χ2v) is 10.4. The summed E-state index contributed by atoms with van der Waals surface area (Å²) in [7, 11) is 0. The molecule has 6 N–H and O–H groups in total. The van der Waals surface area contributed by atoms with Crippen LogP contribution >= 0.6 is 11.8 Å². The van der Waals surface area contributed by atoms with Crippen molar-refractivity contribution in [2.24, 2.45) is 17.6 Å². The third-order valence-corrected chi connectivity index (χ3v) is 6.15. The number of nitrogens with two attached hydrogens (primary N) is 1. The number of carboxylic acid groups (broad SMARTS) is 1. The van der Waals surface area contributed by atoms with Gasteiger partial charge < -0.3 is 26.8 Å². The average molecular weight is 509 g/mol. The summed E-state index contributed by atoms with van der Waals surface area (Å²) >= 11 is 1.51. The lowest BCUT2D eigenvalue weighted by Crippen LogP contribution is -2.58. The second kappa shape index (κ2) is 15.4. The molecule has 0 aliphatic rings. The highest BCUT2D eigenvalue weighted by molar-refractivity contribution is 7.98. The van der Waals surface area contributed by atoms with Crippen molar-refractivity contribution in [1.82, 2.24) is 16.0 Å². The maximum Gasteiger partial charge on any atom is 0.326 e. The summed E-state index contributed by atoms with van der Waals surface area (Å²) in [6, 6.07) is 5.46. The molecule has 0 bridgehead atoms. The monoisotopic (exact) mass is 508 g/mol. The first kappa shape index (κ1) is 30.4. The molecule has 1 rings (SSSR count). The van der Waals surface area contributed by atoms with Gasteiger partial charge in [0.05, 0.1) is 6.04 Å². The number of nitrogens with one attached hydrogen (secondary N) is 3. The minimum absolute atomic E-state index is 0.0614. The zero-order valence-corrected chi connectivity index (χ0v) is 22.1. The second-order valence-electron chi connectivity index (χ2n) is 9.39. The SMILES string of the molecule is CSCCC(NC(=O)C(Cc1ccccc1)NC(=O)C(N)C(C)C)C(=O)NC(CC(C)C)C(=O)O. The first-order valence-electron chi connectivity index (χ1n) is 11.9. The number of aliphatic carboxylic acids is 1. The lowest BCUT2D eigenvalue weighted by Gasteiger charge is -2.26. The number of carbonyl (C=O) groups is 4. The van der Waals surface area contributed by atoms with E-state index in [0.717, 1.165) is 5.56 Å². The molecule has 196 valence electrons. The van der Waals surface area contributed by atoms with Gasteiger partial charge in [0.2, 0.25) is 17.7 Å². The van der Waals surface area contributed by atoms with Crippen LogP contribution < -0.4 is 21.7 Å². The van der Waals surface area contributed by atoms with Crippen molar-refractivity contribution < 1.29 is 24.3 Å². The number of carboxylic acids is 1. The fourth-order valence-electron chi connectivity index (χ4n) is 3.37. The van der Waals surface area contributed by atoms with Gasteiger partial charge >= 0.3 is 5.97 Å². The van der Waals surface area contributed by atoms with Gasteiger partial charge in [-0.25, -0.2) is 4.79 Å². The summed E-state index contributed by atoms with van der Waals surface area (Å²) in [4.78, 5) is 50.5. The van der Waals surface area contributed by atoms with E-state index in [1.165, 1.54) is 11.8 Å². The highest BCUT2D eigenvalue weighted by atomic mass is 32.2. The highest BCUT2D eigenvalue weighted by Crippen LogP contribution is 2.09. The molecule has 35 heavy (non-hydrogen) atoms. The fraction of sp³-hybridized carbons (Fsp3) is 0.600. The molecule has 0 heterocycles. The van der Waals surface area contributed by atoms with E-state index in [4.69, 9.17) is 5.73 Å². The molecule has 4 atom stereocenters. The number of thioether (sulfide) groups is 1. The van der Waals surface area contributed by atoms with Crippen LogP contribution in [0, 0.1) is 11.8 Å². The molecule has 0 aromatic heterocycles. The summed E-state index contributed by atoms with van der Waals surface area (Å²) in [6.45, 7) is 7.37. The standard InChI is InChI=1S/C25H40N4O5S/c1-15(2)13-20(25(33)34)29-22(30)18(11-12-35-5)27-23(31)19(14-17-9-7-6-8-10-17)28-24(32)21(26)16(3)4/h6-10,15-16,18-21H,11-14,26H2,1-5H3,(H,27,31)(H,28,32)(H,29,30)(H,33,34). The molecule has 0 saturated heterocycles. The lowest BCUT2D eigenvalue weighted by atomic mass is 10.0. The van der Waals surface area contributed by atoms with Crippen molar-refractivity contribution in [3.63, 3.8) is 0 Å². The van der Waals surface area contributed by atoms with Gasteiger partial charge in [-0.05, 0) is 42.2 Å². The average Bonchev–Trinajstić information content (AvgIpc) is 2.80. The van der Waals surface area contributed by atoms with Gasteiger partial charge in [0, 0.05) is 6.42 Å². The lowest BCUT2D eigenvalue weighted by molar-refractivity contribution is -0.142. The normalized spacial score (nSPS) is 14.6. The highest BCUT2D eigenvalue weighted by Gasteiger charge is 2.31. The topological polar surface area (TPSA) is 151 Å². The molecule has 0 aliphatic carbocycles. The van der Waals surface area contributed by atoms with Crippen LogP contribution in [0.3, 0.4) is 0 Å². The molecule has 0 fully saturated rings. The summed E-state index contributed by atoms with van der Waals surface area (Å²) in [5, 5.41) is 17.5. The summed E-state index contributed by atoms with van der Waals surface area (Å²) in [6.07, 6.45) is 2.67. The molecular formula is C25H40N4O5S. The Bertz CT molecular complexity index is 834. The number of hydrogen-bond acceptors (Lipinski definition) is 6. The number of hydrogen-bond donors (Lipinski definition) is 5. The van der Waals surface area contributed by atoms with Crippen molar-refractivity contribution in [3.05, 3.63) is 35.9 Å². The molecule has 1 aromatic rings. The van der Waals surface area contributed by atoms with Crippen molar-refractivity contribution in [2.45, 2.75) is 71.1 Å². The molecule has 9 nitrogen and oxygen atoms in total. The Balaban J connectivity index is 3.08. The Morgan fingerprint density at radius 2 is 1.43 bits per heavy atom. The Hall–Kier alpha value is -2.59. The van der Waals surface area contributed by atoms with E-state index in [0.29, 0.717) is 12.2 Å². The van der Waals surface area contributed by atoms with Gasteiger partial charge in [0.1, 0.15) is 18.1 Å². The first-order chi connectivity index (χ1) is 16.5. The number of benzene rings is 1. The summed E-state index contributed by atoms with van der Waals surface area (Å²) in [5.74, 6) is -2.16. The zero-order valence-electron chi connectivity index (χ0n) is 21.2. The van der Waals surface area contributed by atoms with E-state index >= 15 is 0 Å². The van der Waals surface area contributed by atoms with Crippen molar-refractivity contribution in [2.75, 3.05) is 12.0 Å². The van der Waals surface area contributed by atoms with E-state index < -0.39 is 47.9 Å². The van der Waals surface area contributed by atoms with Crippen molar-refractivity contribution in [1.29, 1.82) is 0 Å². The van der Waals surface area contributed by atoms with E-state index in [1.54, 1.807) is 0 Å². The maximum atomic E-state index is 13.3. The third kappa shape index (κ3) is 11.1. The molecule has 10 heteroatoms. The zero-order chi connectivity index (χ0) is 26.5. The summed E-state index contributed by atoms with van der Waals surface area (Å²) < 4.78 is 0. The van der Waals surface area contributed by atoms with Crippen molar-refractivity contribution in [3.8, 4) is 0 Å². The van der Waals surface area contributed by atoms with E-state index in [1.807, 2.05) is 64.3 Å². The van der Waals surface area contributed by atoms with Crippen LogP contribution in [0.15, 0.2) is 30.3 Å². The van der Waals surface area contributed by atoms with Crippen LogP contribution in [0.4, 0.5) is 0 Å². The van der Waals surface area contributed by atoms with Crippen LogP contribution in [0.2, 0.25) is 0 Å². The van der Waals surface area contributed by atoms with Crippen LogP contribution in [-0.4, -0.2) is 65.0 Å². The quantitative estimate of drug-likeness (QED) is 0.241. The largest absolute Gasteiger partial charge is 0.480 e. The molecule has 0 spiro atoms. The Morgan fingerprint density at radius 1 is 0.886 bits per heavy atom. The number of carbonyl (C=O) groups excluding carboxylic acids is 3. The molecule has 4 unspecified atom stereocenters. The summed E-state index contributed by atoms with van der Waals surface area (Å²) in [5.41, 5.74) is 6.81. The predicted molar refractivity (Wildman–Crippen MR) is 139 cm³/mol. The van der Waals surface area contributed by atoms with Crippen LogP contribution in [0.5, 0.6) is 0 Å². The molecule has 1 aromatic carbocycles. The van der Waals surface area contributed by atoms with E-state index in [9.17, 15) is 24.3 Å². The number of rotatable bonds is 15. The smallest absolute Gasteiger partial charge is 0.326 e. The molecule has 0 saturated carbocycles. The molecular weight excluding hydrogens is 468 g/mol. The van der Waals surface area contributed by atoms with Crippen LogP contribution in [0.25, 0.3) is 0 Å². The van der Waals surface area contributed by atoms with Gasteiger partial charge in [-0.1, -0.05) is 58.0 Å². The van der Waals surface area contributed by atoms with E-state index in [-0.39, 0.29) is 24.7 Å². The van der Waals surface area contributed by atoms with Gasteiger partial charge in [-0.3, -0.25) is 14.4 Å². The fourth-order valence-corrected chi connectivity index (χ4v) is 3.84. The molecule has 0 aliphatic heterocycles. The third-order valence-electron chi connectivity index (χ3n) is 5.50. The van der Waals surface area contributed by atoms with Gasteiger partial charge in [0.25, 0.3) is 0 Å². The van der Waals surface area contributed by atoms with Gasteiger partial charge in [0.15, 0.2) is 0 Å². The minimum atomic E-state index is -1.13. The van der Waals surface area contributed by atoms with Gasteiger partial charge in [-0.15, -0.1) is 0 Å². The number of amides is 3. The first-order valence-corrected chi connectivity index (χ1v) is 13.3. The molecule has 0 radical (unpaired) electrons. The Labute approximate surface area is 212 Å². The predicted octanol–water partition coefficient (Wildman–Crippen LogP) is 1.55. The van der Waals surface area contributed by atoms with Crippen molar-refractivity contribution >= 4 is 35.5 Å². The van der Waals surface area contributed by atoms with Crippen LogP contribution in [0.1, 0.15) is 46.1 Å². The Morgan fingerprint density at radius 3 is 1.94 bits per heavy atom. The Kier molecular flexibility index (Phi) is 13.4. The van der Waals surface area contributed by atoms with Crippen LogP contribution in [-0.2, 0) is 25.6 Å². The molecule has 3 amide bonds. The minimum Gasteiger partial charge on any atom is -0.480 e. The van der Waals surface area contributed by atoms with E-state index in [2.05, 4.69) is 16.0 Å². The van der Waals surface area contributed by atoms with Gasteiger partial charge in [-0.2, -0.15) is 11.8 Å². The maximum absolute atomic E-state index is 13.3.